The van der Waals surface area contributed by atoms with E-state index in [0.29, 0.717) is 30.1 Å². The summed E-state index contributed by atoms with van der Waals surface area (Å²) in [5.41, 5.74) is 1.23. The zero-order chi connectivity index (χ0) is 16.2. The third-order valence-electron chi connectivity index (χ3n) is 4.35. The Morgan fingerprint density at radius 2 is 2.13 bits per heavy atom. The number of nitrogens with one attached hydrogen (secondary N) is 1. The highest BCUT2D eigenvalue weighted by atomic mass is 16.5. The second-order valence-electron chi connectivity index (χ2n) is 6.34. The number of benzene rings is 1. The number of hydrogen-bond acceptors (Lipinski definition) is 4. The zero-order valence-electron chi connectivity index (χ0n) is 13.7. The van der Waals surface area contributed by atoms with Crippen LogP contribution < -0.4 is 5.32 Å². The summed E-state index contributed by atoms with van der Waals surface area (Å²) in [4.78, 5) is 14.6. The van der Waals surface area contributed by atoms with E-state index < -0.39 is 0 Å². The van der Waals surface area contributed by atoms with Crippen LogP contribution in [0.15, 0.2) is 40.9 Å². The van der Waals surface area contributed by atoms with Gasteiger partial charge in [-0.1, -0.05) is 35.5 Å². The van der Waals surface area contributed by atoms with Crippen molar-refractivity contribution < 1.29 is 9.32 Å². The summed E-state index contributed by atoms with van der Waals surface area (Å²) < 4.78 is 4.98. The maximum absolute atomic E-state index is 12.3. The van der Waals surface area contributed by atoms with E-state index >= 15 is 0 Å². The molecule has 1 fully saturated rings. The second kappa shape index (κ2) is 6.96. The fraction of sp³-hybridized carbons (Fsp3) is 0.444. The molecule has 3 rings (SSSR count). The van der Waals surface area contributed by atoms with Crippen LogP contribution in [0.2, 0.25) is 0 Å². The summed E-state index contributed by atoms with van der Waals surface area (Å²) in [6, 6.07) is 12.4. The predicted molar refractivity (Wildman–Crippen MR) is 88.9 cm³/mol. The summed E-state index contributed by atoms with van der Waals surface area (Å²) in [6.07, 6.45) is 2.52. The molecule has 1 saturated carbocycles. The number of aromatic nitrogens is 1. The molecular weight excluding hydrogens is 290 g/mol. The average Bonchev–Trinajstić information content (AvgIpc) is 3.30. The van der Waals surface area contributed by atoms with Crippen LogP contribution in [0, 0.1) is 12.8 Å². The van der Waals surface area contributed by atoms with Gasteiger partial charge in [-0.05, 0) is 38.2 Å². The number of anilines is 1. The lowest BCUT2D eigenvalue weighted by atomic mass is 10.1. The van der Waals surface area contributed by atoms with Crippen molar-refractivity contribution in [3.8, 4) is 0 Å². The molecule has 1 amide bonds. The van der Waals surface area contributed by atoms with Crippen molar-refractivity contribution in [3.63, 3.8) is 0 Å². The van der Waals surface area contributed by atoms with Crippen molar-refractivity contribution in [3.05, 3.63) is 47.7 Å². The lowest BCUT2D eigenvalue weighted by Gasteiger charge is -2.28. The van der Waals surface area contributed by atoms with Gasteiger partial charge >= 0.3 is 0 Å². The molecule has 0 aliphatic heterocycles. The van der Waals surface area contributed by atoms with Crippen molar-refractivity contribution >= 4 is 11.7 Å². The van der Waals surface area contributed by atoms with Gasteiger partial charge in [0.05, 0.1) is 6.54 Å². The SMILES string of the molecule is Cc1cc(NC(=O)CN(Cc2ccccc2)[C@@H](C)C2CC2)no1. The Balaban J connectivity index is 1.64. The van der Waals surface area contributed by atoms with Gasteiger partial charge in [-0.25, -0.2) is 0 Å². The Kier molecular flexibility index (Phi) is 4.76. The smallest absolute Gasteiger partial charge is 0.239 e. The Hall–Kier alpha value is -2.14. The first-order valence-corrected chi connectivity index (χ1v) is 8.13. The van der Waals surface area contributed by atoms with Gasteiger partial charge < -0.3 is 9.84 Å². The van der Waals surface area contributed by atoms with Crippen LogP contribution in [0.5, 0.6) is 0 Å². The highest BCUT2D eigenvalue weighted by Gasteiger charge is 2.32. The maximum atomic E-state index is 12.3. The van der Waals surface area contributed by atoms with Crippen LogP contribution in [0.4, 0.5) is 5.82 Å². The van der Waals surface area contributed by atoms with Gasteiger partial charge in [0.15, 0.2) is 5.82 Å². The number of rotatable bonds is 7. The number of carbonyl (C=O) groups excluding carboxylic acids is 1. The Morgan fingerprint density at radius 3 is 2.74 bits per heavy atom. The minimum atomic E-state index is -0.0540. The Labute approximate surface area is 136 Å². The van der Waals surface area contributed by atoms with Gasteiger partial charge in [0.1, 0.15) is 5.76 Å². The summed E-state index contributed by atoms with van der Waals surface area (Å²) in [5, 5.41) is 6.62. The first kappa shape index (κ1) is 15.7. The number of hydrogen-bond donors (Lipinski definition) is 1. The molecule has 1 aromatic carbocycles. The topological polar surface area (TPSA) is 58.4 Å². The van der Waals surface area contributed by atoms with Crippen molar-refractivity contribution in [1.29, 1.82) is 0 Å². The van der Waals surface area contributed by atoms with Gasteiger partial charge in [0.25, 0.3) is 0 Å². The molecule has 23 heavy (non-hydrogen) atoms. The molecule has 1 aliphatic rings. The molecule has 0 radical (unpaired) electrons. The molecule has 1 aromatic heterocycles. The lowest BCUT2D eigenvalue weighted by molar-refractivity contribution is -0.118. The Bertz CT molecular complexity index is 649. The first-order chi connectivity index (χ1) is 11.1. The summed E-state index contributed by atoms with van der Waals surface area (Å²) in [5.74, 6) is 1.82. The van der Waals surface area contributed by atoms with Gasteiger partial charge in [-0.2, -0.15) is 0 Å². The number of nitrogens with zero attached hydrogens (tertiary/aromatic N) is 2. The maximum Gasteiger partial charge on any atom is 0.239 e. The van der Waals surface area contributed by atoms with E-state index in [9.17, 15) is 4.79 Å². The quantitative estimate of drug-likeness (QED) is 0.852. The fourth-order valence-electron chi connectivity index (χ4n) is 2.83. The lowest BCUT2D eigenvalue weighted by Crippen LogP contribution is -2.40. The minimum absolute atomic E-state index is 0.0540. The predicted octanol–water partition coefficient (Wildman–Crippen LogP) is 3.22. The van der Waals surface area contributed by atoms with Crippen LogP contribution in [-0.2, 0) is 11.3 Å². The van der Waals surface area contributed by atoms with Gasteiger partial charge in [-0.3, -0.25) is 9.69 Å². The summed E-state index contributed by atoms with van der Waals surface area (Å²) in [7, 11) is 0. The fourth-order valence-corrected chi connectivity index (χ4v) is 2.83. The number of carbonyl (C=O) groups is 1. The molecule has 1 heterocycles. The molecule has 0 saturated heterocycles. The molecule has 5 heteroatoms. The molecule has 0 spiro atoms. The highest BCUT2D eigenvalue weighted by molar-refractivity contribution is 5.91. The first-order valence-electron chi connectivity index (χ1n) is 8.13. The van der Waals surface area contributed by atoms with Crippen LogP contribution in [0.25, 0.3) is 0 Å². The van der Waals surface area contributed by atoms with Crippen LogP contribution in [-0.4, -0.2) is 28.6 Å². The minimum Gasteiger partial charge on any atom is -0.360 e. The molecule has 1 N–H and O–H groups in total. The number of aryl methyl sites for hydroxylation is 1. The third kappa shape index (κ3) is 4.42. The van der Waals surface area contributed by atoms with E-state index in [-0.39, 0.29) is 5.91 Å². The van der Waals surface area contributed by atoms with Crippen molar-refractivity contribution in [2.45, 2.75) is 39.3 Å². The molecule has 2 aromatic rings. The van der Waals surface area contributed by atoms with E-state index in [0.717, 1.165) is 6.54 Å². The standard InChI is InChI=1S/C18H23N3O2/c1-13-10-17(20-23-13)19-18(22)12-21(14(2)16-8-9-16)11-15-6-4-3-5-7-15/h3-7,10,14,16H,8-9,11-12H2,1-2H3,(H,19,20,22)/t14-/m0/s1. The molecule has 0 bridgehead atoms. The summed E-state index contributed by atoms with van der Waals surface area (Å²) >= 11 is 0. The van der Waals surface area contributed by atoms with Gasteiger partial charge in [-0.15, -0.1) is 0 Å². The molecular formula is C18H23N3O2. The molecule has 0 unspecified atom stereocenters. The van der Waals surface area contributed by atoms with Crippen molar-refractivity contribution in [1.82, 2.24) is 10.1 Å². The molecule has 122 valence electrons. The van der Waals surface area contributed by atoms with Gasteiger partial charge in [0.2, 0.25) is 5.91 Å². The second-order valence-corrected chi connectivity index (χ2v) is 6.34. The van der Waals surface area contributed by atoms with E-state index in [1.165, 1.54) is 18.4 Å². The van der Waals surface area contributed by atoms with Gasteiger partial charge in [0, 0.05) is 18.7 Å². The van der Waals surface area contributed by atoms with Crippen LogP contribution >= 0.6 is 0 Å². The number of amides is 1. The largest absolute Gasteiger partial charge is 0.360 e. The van der Waals surface area contributed by atoms with Crippen molar-refractivity contribution in [2.75, 3.05) is 11.9 Å². The Morgan fingerprint density at radius 1 is 1.39 bits per heavy atom. The third-order valence-corrected chi connectivity index (χ3v) is 4.35. The summed E-state index contributed by atoms with van der Waals surface area (Å²) in [6.45, 7) is 5.16. The normalized spacial score (nSPS) is 15.6. The van der Waals surface area contributed by atoms with E-state index in [4.69, 9.17) is 4.52 Å². The molecule has 5 nitrogen and oxygen atoms in total. The van der Waals surface area contributed by atoms with E-state index in [2.05, 4.69) is 34.4 Å². The average molecular weight is 313 g/mol. The van der Waals surface area contributed by atoms with E-state index in [1.54, 1.807) is 13.0 Å². The highest BCUT2D eigenvalue weighted by Crippen LogP contribution is 2.35. The van der Waals surface area contributed by atoms with Crippen molar-refractivity contribution in [2.24, 2.45) is 5.92 Å². The van der Waals surface area contributed by atoms with Crippen LogP contribution in [0.3, 0.4) is 0 Å². The molecule has 1 atom stereocenters. The monoisotopic (exact) mass is 313 g/mol. The van der Waals surface area contributed by atoms with Crippen LogP contribution in [0.1, 0.15) is 31.1 Å². The van der Waals surface area contributed by atoms with E-state index in [1.807, 2.05) is 18.2 Å². The molecule has 1 aliphatic carbocycles. The zero-order valence-corrected chi connectivity index (χ0v) is 13.7.